The molecule has 1 aliphatic carbocycles. The van der Waals surface area contributed by atoms with Gasteiger partial charge < -0.3 is 5.11 Å². The summed E-state index contributed by atoms with van der Waals surface area (Å²) in [5.74, 6) is 0.0604. The number of aryl methyl sites for hydroxylation is 2. The SMILES string of the molecule is CCn1cc(S(=O)(=O)N[C@H](c2cnn(C)c2)C2CC(O)C2)cn1. The Labute approximate surface area is 135 Å². The van der Waals surface area contributed by atoms with Gasteiger partial charge >= 0.3 is 0 Å². The van der Waals surface area contributed by atoms with Crippen molar-refractivity contribution in [3.8, 4) is 0 Å². The van der Waals surface area contributed by atoms with E-state index in [2.05, 4.69) is 14.9 Å². The van der Waals surface area contributed by atoms with Crippen LogP contribution in [0.3, 0.4) is 0 Å². The number of aliphatic hydroxyl groups is 1. The van der Waals surface area contributed by atoms with Crippen LogP contribution in [0, 0.1) is 5.92 Å². The first-order valence-corrected chi connectivity index (χ1v) is 9.08. The van der Waals surface area contributed by atoms with E-state index in [1.54, 1.807) is 28.8 Å². The molecule has 0 unspecified atom stereocenters. The molecule has 0 aromatic carbocycles. The summed E-state index contributed by atoms with van der Waals surface area (Å²) in [6.07, 6.45) is 7.12. The van der Waals surface area contributed by atoms with E-state index in [1.165, 1.54) is 12.4 Å². The average molecular weight is 339 g/mol. The second kappa shape index (κ2) is 6.06. The van der Waals surface area contributed by atoms with Gasteiger partial charge in [0.1, 0.15) is 4.90 Å². The molecule has 126 valence electrons. The molecular formula is C14H21N5O3S. The standard InChI is InChI=1S/C14H21N5O3S/c1-3-19-9-13(7-16-19)23(21,22)17-14(10-4-12(20)5-10)11-6-15-18(2)8-11/h6-10,12,14,17,20H,3-5H2,1-2H3/t10?,12?,14-/m0/s1. The molecule has 1 fully saturated rings. The molecule has 2 N–H and O–H groups in total. The molecule has 0 radical (unpaired) electrons. The Bertz CT molecular complexity index is 776. The zero-order valence-corrected chi connectivity index (χ0v) is 13.9. The van der Waals surface area contributed by atoms with E-state index >= 15 is 0 Å². The lowest BCUT2D eigenvalue weighted by Crippen LogP contribution is -2.41. The van der Waals surface area contributed by atoms with Crippen LogP contribution in [-0.2, 0) is 23.6 Å². The van der Waals surface area contributed by atoms with Crippen LogP contribution in [0.2, 0.25) is 0 Å². The van der Waals surface area contributed by atoms with E-state index in [0.717, 1.165) is 5.56 Å². The van der Waals surface area contributed by atoms with Crippen molar-refractivity contribution in [3.05, 3.63) is 30.4 Å². The second-order valence-corrected chi connectivity index (χ2v) is 7.68. The molecule has 0 saturated heterocycles. The fourth-order valence-corrected chi connectivity index (χ4v) is 4.08. The highest BCUT2D eigenvalue weighted by molar-refractivity contribution is 7.89. The largest absolute Gasteiger partial charge is 0.393 e. The van der Waals surface area contributed by atoms with Crippen LogP contribution in [-0.4, -0.2) is 39.2 Å². The number of aliphatic hydroxyl groups excluding tert-OH is 1. The second-order valence-electron chi connectivity index (χ2n) is 5.96. The summed E-state index contributed by atoms with van der Waals surface area (Å²) in [5.41, 5.74) is 0.802. The van der Waals surface area contributed by atoms with Crippen LogP contribution in [0.5, 0.6) is 0 Å². The molecule has 0 amide bonds. The molecular weight excluding hydrogens is 318 g/mol. The van der Waals surface area contributed by atoms with Crippen LogP contribution < -0.4 is 4.72 Å². The molecule has 23 heavy (non-hydrogen) atoms. The average Bonchev–Trinajstić information content (AvgIpc) is 3.10. The van der Waals surface area contributed by atoms with Crippen LogP contribution in [0.4, 0.5) is 0 Å². The lowest BCUT2D eigenvalue weighted by Gasteiger charge is -2.37. The maximum absolute atomic E-state index is 12.6. The Morgan fingerprint density at radius 1 is 1.35 bits per heavy atom. The van der Waals surface area contributed by atoms with Gasteiger partial charge in [-0.1, -0.05) is 0 Å². The quantitative estimate of drug-likeness (QED) is 0.794. The highest BCUT2D eigenvalue weighted by Crippen LogP contribution is 2.38. The highest BCUT2D eigenvalue weighted by Gasteiger charge is 2.38. The molecule has 3 rings (SSSR count). The van der Waals surface area contributed by atoms with Gasteiger partial charge in [-0.2, -0.15) is 10.2 Å². The molecule has 9 heteroatoms. The van der Waals surface area contributed by atoms with Crippen LogP contribution in [0.15, 0.2) is 29.7 Å². The predicted molar refractivity (Wildman–Crippen MR) is 82.9 cm³/mol. The van der Waals surface area contributed by atoms with Gasteiger partial charge in [-0.3, -0.25) is 9.36 Å². The monoisotopic (exact) mass is 339 g/mol. The molecule has 2 aromatic heterocycles. The van der Waals surface area contributed by atoms with Gasteiger partial charge in [-0.25, -0.2) is 13.1 Å². The molecule has 8 nitrogen and oxygen atoms in total. The van der Waals surface area contributed by atoms with Crippen molar-refractivity contribution in [1.82, 2.24) is 24.3 Å². The number of hydrogen-bond donors (Lipinski definition) is 2. The zero-order valence-electron chi connectivity index (χ0n) is 13.1. The third-order valence-electron chi connectivity index (χ3n) is 4.23. The summed E-state index contributed by atoms with van der Waals surface area (Å²) >= 11 is 0. The van der Waals surface area contributed by atoms with Gasteiger partial charge in [0.25, 0.3) is 0 Å². The first-order chi connectivity index (χ1) is 10.9. The molecule has 1 saturated carbocycles. The summed E-state index contributed by atoms with van der Waals surface area (Å²) in [6.45, 7) is 2.50. The first-order valence-electron chi connectivity index (χ1n) is 7.60. The van der Waals surface area contributed by atoms with Crippen LogP contribution >= 0.6 is 0 Å². The van der Waals surface area contributed by atoms with Crippen LogP contribution in [0.1, 0.15) is 31.4 Å². The van der Waals surface area contributed by atoms with Crippen LogP contribution in [0.25, 0.3) is 0 Å². The van der Waals surface area contributed by atoms with E-state index in [4.69, 9.17) is 0 Å². The number of nitrogens with zero attached hydrogens (tertiary/aromatic N) is 4. The maximum atomic E-state index is 12.6. The number of hydrogen-bond acceptors (Lipinski definition) is 5. The summed E-state index contributed by atoms with van der Waals surface area (Å²) in [6, 6.07) is -0.401. The Morgan fingerprint density at radius 2 is 2.09 bits per heavy atom. The lowest BCUT2D eigenvalue weighted by molar-refractivity contribution is 0.0280. The molecule has 0 spiro atoms. The Kier molecular flexibility index (Phi) is 4.26. The van der Waals surface area contributed by atoms with Gasteiger partial charge in [0.2, 0.25) is 10.0 Å². The number of aromatic nitrogens is 4. The molecule has 2 aromatic rings. The normalized spacial score (nSPS) is 22.7. The first kappa shape index (κ1) is 16.2. The van der Waals surface area contributed by atoms with Crippen molar-refractivity contribution in [3.63, 3.8) is 0 Å². The molecule has 2 heterocycles. The van der Waals surface area contributed by atoms with Crippen molar-refractivity contribution >= 4 is 10.0 Å². The highest BCUT2D eigenvalue weighted by atomic mass is 32.2. The Hall–Kier alpha value is -1.71. The molecule has 1 atom stereocenters. The summed E-state index contributed by atoms with van der Waals surface area (Å²) in [7, 11) is -1.89. The van der Waals surface area contributed by atoms with Gasteiger partial charge in [0.05, 0.1) is 24.5 Å². The van der Waals surface area contributed by atoms with Crippen molar-refractivity contribution in [2.75, 3.05) is 0 Å². The van der Waals surface area contributed by atoms with Crippen molar-refractivity contribution in [2.24, 2.45) is 13.0 Å². The van der Waals surface area contributed by atoms with E-state index in [1.807, 2.05) is 6.92 Å². The third-order valence-corrected chi connectivity index (χ3v) is 5.63. The van der Waals surface area contributed by atoms with Crippen molar-refractivity contribution < 1.29 is 13.5 Å². The van der Waals surface area contributed by atoms with Gasteiger partial charge in [-0.15, -0.1) is 0 Å². The van der Waals surface area contributed by atoms with Gasteiger partial charge in [0, 0.05) is 31.5 Å². The fraction of sp³-hybridized carbons (Fsp3) is 0.571. The predicted octanol–water partition coefficient (Wildman–Crippen LogP) is 0.427. The minimum Gasteiger partial charge on any atom is -0.393 e. The Morgan fingerprint density at radius 3 is 2.61 bits per heavy atom. The number of rotatable bonds is 6. The summed E-state index contributed by atoms with van der Waals surface area (Å²) in [4.78, 5) is 0.146. The van der Waals surface area contributed by atoms with Crippen molar-refractivity contribution in [1.29, 1.82) is 0 Å². The molecule has 0 aliphatic heterocycles. The fourth-order valence-electron chi connectivity index (χ4n) is 2.83. The maximum Gasteiger partial charge on any atom is 0.244 e. The third kappa shape index (κ3) is 3.31. The van der Waals surface area contributed by atoms with Gasteiger partial charge in [-0.05, 0) is 25.7 Å². The topological polar surface area (TPSA) is 102 Å². The minimum absolute atomic E-state index is 0.0604. The van der Waals surface area contributed by atoms with E-state index < -0.39 is 16.1 Å². The zero-order chi connectivity index (χ0) is 16.6. The van der Waals surface area contributed by atoms with Gasteiger partial charge in [0.15, 0.2) is 0 Å². The van der Waals surface area contributed by atoms with E-state index in [-0.39, 0.29) is 16.9 Å². The summed E-state index contributed by atoms with van der Waals surface area (Å²) < 4.78 is 31.2. The van der Waals surface area contributed by atoms with Crippen molar-refractivity contribution in [2.45, 2.75) is 43.4 Å². The Balaban J connectivity index is 1.85. The smallest absolute Gasteiger partial charge is 0.244 e. The summed E-state index contributed by atoms with van der Waals surface area (Å²) in [5, 5.41) is 17.7. The minimum atomic E-state index is -3.68. The lowest BCUT2D eigenvalue weighted by atomic mass is 9.76. The van der Waals surface area contributed by atoms with E-state index in [0.29, 0.717) is 19.4 Å². The van der Waals surface area contributed by atoms with E-state index in [9.17, 15) is 13.5 Å². The molecule has 0 bridgehead atoms. The molecule has 1 aliphatic rings. The number of sulfonamides is 1. The number of nitrogens with one attached hydrogen (secondary N) is 1.